The molecule has 7 heteroatoms. The Hall–Kier alpha value is -2.41. The number of amides is 1. The number of aliphatic hydroxyl groups is 1. The van der Waals surface area contributed by atoms with Crippen molar-refractivity contribution in [3.63, 3.8) is 0 Å². The van der Waals surface area contributed by atoms with Gasteiger partial charge in [0.1, 0.15) is 5.82 Å². The lowest BCUT2D eigenvalue weighted by Crippen LogP contribution is -2.30. The van der Waals surface area contributed by atoms with Crippen LogP contribution in [0.4, 0.5) is 17.6 Å². The number of halogens is 4. The third kappa shape index (κ3) is 4.79. The minimum absolute atomic E-state index is 0.0616. The molecular weight excluding hydrogens is 326 g/mol. The topological polar surface area (TPSA) is 49.3 Å². The molecule has 0 radical (unpaired) electrons. The molecule has 3 nitrogen and oxygen atoms in total. The van der Waals surface area contributed by atoms with Crippen LogP contribution < -0.4 is 5.32 Å². The maximum Gasteiger partial charge on any atom is 0.416 e. The van der Waals surface area contributed by atoms with Gasteiger partial charge in [-0.05, 0) is 29.3 Å². The van der Waals surface area contributed by atoms with Crippen molar-refractivity contribution in [1.82, 2.24) is 5.32 Å². The molecule has 0 unspecified atom stereocenters. The average molecular weight is 341 g/mol. The van der Waals surface area contributed by atoms with E-state index in [0.29, 0.717) is 5.56 Å². The minimum Gasteiger partial charge on any atom is -0.387 e. The lowest BCUT2D eigenvalue weighted by atomic mass is 10.0. The molecule has 0 saturated carbocycles. The monoisotopic (exact) mass is 341 g/mol. The highest BCUT2D eigenvalue weighted by molar-refractivity contribution is 5.78. The van der Waals surface area contributed by atoms with Crippen LogP contribution in [-0.4, -0.2) is 17.6 Å². The molecule has 2 aromatic rings. The van der Waals surface area contributed by atoms with E-state index in [1.165, 1.54) is 42.5 Å². The van der Waals surface area contributed by atoms with Gasteiger partial charge in [0.25, 0.3) is 0 Å². The van der Waals surface area contributed by atoms with Gasteiger partial charge in [0.2, 0.25) is 5.91 Å². The second-order valence-corrected chi connectivity index (χ2v) is 5.21. The molecule has 0 fully saturated rings. The second kappa shape index (κ2) is 7.44. The summed E-state index contributed by atoms with van der Waals surface area (Å²) in [6.07, 6.45) is -6.14. The quantitative estimate of drug-likeness (QED) is 0.821. The standard InChI is InChI=1S/C17H15F4NO2/c18-12-7-5-11(6-8-12)9-16(24)22-10-15(23)13-3-1-2-4-14(13)17(19,20)21/h1-8,15,23H,9-10H2,(H,22,24)/t15-/m1/s1. The molecule has 2 N–H and O–H groups in total. The van der Waals surface area contributed by atoms with E-state index in [9.17, 15) is 27.5 Å². The Morgan fingerprint density at radius 1 is 1.08 bits per heavy atom. The van der Waals surface area contributed by atoms with Gasteiger partial charge < -0.3 is 10.4 Å². The van der Waals surface area contributed by atoms with Gasteiger partial charge in [0.05, 0.1) is 18.1 Å². The van der Waals surface area contributed by atoms with Crippen molar-refractivity contribution in [3.8, 4) is 0 Å². The van der Waals surface area contributed by atoms with E-state index in [4.69, 9.17) is 0 Å². The second-order valence-electron chi connectivity index (χ2n) is 5.21. The third-order valence-corrected chi connectivity index (χ3v) is 3.40. The first kappa shape index (κ1) is 17.9. The van der Waals surface area contributed by atoms with E-state index in [2.05, 4.69) is 5.32 Å². The third-order valence-electron chi connectivity index (χ3n) is 3.40. The highest BCUT2D eigenvalue weighted by Crippen LogP contribution is 2.34. The lowest BCUT2D eigenvalue weighted by molar-refractivity contribution is -0.139. The van der Waals surface area contributed by atoms with Crippen LogP contribution in [0.1, 0.15) is 22.8 Å². The summed E-state index contributed by atoms with van der Waals surface area (Å²) in [5.74, 6) is -0.913. The van der Waals surface area contributed by atoms with Gasteiger partial charge in [-0.2, -0.15) is 13.2 Å². The average Bonchev–Trinajstić information content (AvgIpc) is 2.54. The normalized spacial score (nSPS) is 12.7. The molecule has 1 amide bonds. The Bertz CT molecular complexity index is 698. The molecule has 0 aliphatic rings. The Morgan fingerprint density at radius 2 is 1.71 bits per heavy atom. The number of aliphatic hydroxyl groups excluding tert-OH is 1. The summed E-state index contributed by atoms with van der Waals surface area (Å²) in [5.41, 5.74) is -0.684. The lowest BCUT2D eigenvalue weighted by Gasteiger charge is -2.18. The van der Waals surface area contributed by atoms with Crippen molar-refractivity contribution in [1.29, 1.82) is 0 Å². The zero-order chi connectivity index (χ0) is 17.7. The molecule has 2 rings (SSSR count). The van der Waals surface area contributed by atoms with E-state index < -0.39 is 29.6 Å². The predicted molar refractivity (Wildman–Crippen MR) is 79.5 cm³/mol. The number of benzene rings is 2. The van der Waals surface area contributed by atoms with Crippen LogP contribution in [0.25, 0.3) is 0 Å². The maximum absolute atomic E-state index is 12.9. The van der Waals surface area contributed by atoms with Crippen LogP contribution in [-0.2, 0) is 17.4 Å². The van der Waals surface area contributed by atoms with E-state index in [-0.39, 0.29) is 18.5 Å². The fourth-order valence-corrected chi connectivity index (χ4v) is 2.22. The Balaban J connectivity index is 1.97. The van der Waals surface area contributed by atoms with Crippen molar-refractivity contribution < 1.29 is 27.5 Å². The molecule has 0 heterocycles. The number of rotatable bonds is 5. The zero-order valence-corrected chi connectivity index (χ0v) is 12.5. The number of hydrogen-bond acceptors (Lipinski definition) is 2. The van der Waals surface area contributed by atoms with Gasteiger partial charge >= 0.3 is 6.18 Å². The summed E-state index contributed by atoms with van der Waals surface area (Å²) >= 11 is 0. The summed E-state index contributed by atoms with van der Waals surface area (Å²) in [7, 11) is 0. The fourth-order valence-electron chi connectivity index (χ4n) is 2.22. The van der Waals surface area contributed by atoms with E-state index in [1.807, 2.05) is 0 Å². The van der Waals surface area contributed by atoms with Crippen LogP contribution in [0.2, 0.25) is 0 Å². The predicted octanol–water partition coefficient (Wildman–Crippen LogP) is 3.24. The SMILES string of the molecule is O=C(Cc1ccc(F)cc1)NC[C@@H](O)c1ccccc1C(F)(F)F. The van der Waals surface area contributed by atoms with Crippen molar-refractivity contribution >= 4 is 5.91 Å². The number of alkyl halides is 3. The smallest absolute Gasteiger partial charge is 0.387 e. The minimum atomic E-state index is -4.59. The molecule has 0 aromatic heterocycles. The van der Waals surface area contributed by atoms with Gasteiger partial charge in [0, 0.05) is 6.54 Å². The number of hydrogen-bond donors (Lipinski definition) is 2. The first-order chi connectivity index (χ1) is 11.3. The number of carbonyl (C=O) groups is 1. The molecule has 0 bridgehead atoms. The molecule has 0 saturated heterocycles. The van der Waals surface area contributed by atoms with Gasteiger partial charge in [-0.25, -0.2) is 4.39 Å². The van der Waals surface area contributed by atoms with Crippen LogP contribution in [0, 0.1) is 5.82 Å². The summed E-state index contributed by atoms with van der Waals surface area (Å²) in [6.45, 7) is -0.354. The van der Waals surface area contributed by atoms with Gasteiger partial charge in [0.15, 0.2) is 0 Å². The molecule has 0 aliphatic carbocycles. The zero-order valence-electron chi connectivity index (χ0n) is 12.5. The van der Waals surface area contributed by atoms with Crippen molar-refractivity contribution in [2.24, 2.45) is 0 Å². The van der Waals surface area contributed by atoms with Gasteiger partial charge in [-0.3, -0.25) is 4.79 Å². The Kier molecular flexibility index (Phi) is 5.56. The van der Waals surface area contributed by atoms with Crippen LogP contribution in [0.5, 0.6) is 0 Å². The van der Waals surface area contributed by atoms with Gasteiger partial charge in [-0.1, -0.05) is 30.3 Å². The van der Waals surface area contributed by atoms with E-state index in [1.54, 1.807) is 0 Å². The highest BCUT2D eigenvalue weighted by Gasteiger charge is 2.34. The highest BCUT2D eigenvalue weighted by atomic mass is 19.4. The van der Waals surface area contributed by atoms with Gasteiger partial charge in [-0.15, -0.1) is 0 Å². The Morgan fingerprint density at radius 3 is 2.33 bits per heavy atom. The largest absolute Gasteiger partial charge is 0.416 e. The summed E-state index contributed by atoms with van der Waals surface area (Å²) in [4.78, 5) is 11.8. The molecular formula is C17H15F4NO2. The summed E-state index contributed by atoms with van der Waals surface area (Å²) in [6, 6.07) is 9.93. The first-order valence-corrected chi connectivity index (χ1v) is 7.12. The summed E-state index contributed by atoms with van der Waals surface area (Å²) in [5, 5.41) is 12.3. The number of nitrogens with one attached hydrogen (secondary N) is 1. The first-order valence-electron chi connectivity index (χ1n) is 7.12. The summed E-state index contributed by atoms with van der Waals surface area (Å²) < 4.78 is 51.5. The molecule has 0 aliphatic heterocycles. The molecule has 2 aromatic carbocycles. The van der Waals surface area contributed by atoms with Crippen LogP contribution >= 0.6 is 0 Å². The van der Waals surface area contributed by atoms with Crippen molar-refractivity contribution in [2.45, 2.75) is 18.7 Å². The molecule has 128 valence electrons. The van der Waals surface area contributed by atoms with E-state index in [0.717, 1.165) is 6.07 Å². The van der Waals surface area contributed by atoms with Crippen LogP contribution in [0.15, 0.2) is 48.5 Å². The molecule has 24 heavy (non-hydrogen) atoms. The van der Waals surface area contributed by atoms with Crippen molar-refractivity contribution in [2.75, 3.05) is 6.54 Å². The maximum atomic E-state index is 12.9. The Labute approximate surface area is 135 Å². The molecule has 0 spiro atoms. The fraction of sp³-hybridized carbons (Fsp3) is 0.235. The van der Waals surface area contributed by atoms with E-state index >= 15 is 0 Å². The van der Waals surface area contributed by atoms with Crippen LogP contribution in [0.3, 0.4) is 0 Å². The molecule has 1 atom stereocenters. The van der Waals surface area contributed by atoms with Crippen molar-refractivity contribution in [3.05, 3.63) is 71.0 Å². The number of carbonyl (C=O) groups excluding carboxylic acids is 1.